The van der Waals surface area contributed by atoms with Crippen LogP contribution in [0.25, 0.3) is 0 Å². The monoisotopic (exact) mass is 183 g/mol. The van der Waals surface area contributed by atoms with Crippen molar-refractivity contribution in [1.82, 2.24) is 9.80 Å². The molecule has 0 aromatic carbocycles. The van der Waals surface area contributed by atoms with Gasteiger partial charge in [0.15, 0.2) is 0 Å². The Kier molecular flexibility index (Phi) is 2.58. The highest BCUT2D eigenvalue weighted by Gasteiger charge is 2.40. The summed E-state index contributed by atoms with van der Waals surface area (Å²) in [5, 5.41) is 0. The number of nitrogens with zero attached hydrogens (tertiary/aromatic N) is 2. The van der Waals surface area contributed by atoms with Gasteiger partial charge in [-0.2, -0.15) is 0 Å². The molecule has 0 spiro atoms. The second kappa shape index (κ2) is 3.56. The summed E-state index contributed by atoms with van der Waals surface area (Å²) in [5.74, 6) is 0. The highest BCUT2D eigenvalue weighted by atomic mass is 15.3. The van der Waals surface area contributed by atoms with Crippen molar-refractivity contribution in [2.45, 2.75) is 24.8 Å². The third-order valence-electron chi connectivity index (χ3n) is 3.82. The number of rotatable bonds is 2. The lowest BCUT2D eigenvalue weighted by Gasteiger charge is -2.51. The molecule has 3 nitrogen and oxygen atoms in total. The van der Waals surface area contributed by atoms with Crippen molar-refractivity contribution in [2.75, 3.05) is 39.8 Å². The lowest BCUT2D eigenvalue weighted by molar-refractivity contribution is -0.00803. The zero-order chi connectivity index (χ0) is 9.31. The third-order valence-corrected chi connectivity index (χ3v) is 3.82. The van der Waals surface area contributed by atoms with Crippen LogP contribution in [0.3, 0.4) is 0 Å². The first kappa shape index (κ1) is 9.44. The van der Waals surface area contributed by atoms with Crippen molar-refractivity contribution in [3.05, 3.63) is 0 Å². The maximum absolute atomic E-state index is 5.93. The Bertz CT molecular complexity index is 169. The van der Waals surface area contributed by atoms with Crippen LogP contribution >= 0.6 is 0 Å². The molecule has 2 saturated heterocycles. The smallest absolute Gasteiger partial charge is 0.0356 e. The van der Waals surface area contributed by atoms with Crippen molar-refractivity contribution in [3.63, 3.8) is 0 Å². The minimum absolute atomic E-state index is 0.366. The van der Waals surface area contributed by atoms with Gasteiger partial charge in [-0.25, -0.2) is 0 Å². The van der Waals surface area contributed by atoms with Gasteiger partial charge in [0.25, 0.3) is 0 Å². The Balaban J connectivity index is 1.98. The first-order valence-electron chi connectivity index (χ1n) is 5.40. The van der Waals surface area contributed by atoms with Gasteiger partial charge in [-0.05, 0) is 52.5 Å². The molecular weight excluding hydrogens is 162 g/mol. The van der Waals surface area contributed by atoms with Gasteiger partial charge in [-0.1, -0.05) is 0 Å². The fourth-order valence-electron chi connectivity index (χ4n) is 2.47. The molecule has 0 radical (unpaired) electrons. The molecule has 3 heteroatoms. The minimum atomic E-state index is 0.366. The summed E-state index contributed by atoms with van der Waals surface area (Å²) in [7, 11) is 2.20. The summed E-state index contributed by atoms with van der Waals surface area (Å²) in [6.07, 6.45) is 3.90. The van der Waals surface area contributed by atoms with Crippen LogP contribution in [0.5, 0.6) is 0 Å². The molecule has 0 atom stereocenters. The Morgan fingerprint density at radius 2 is 1.77 bits per heavy atom. The van der Waals surface area contributed by atoms with E-state index in [-0.39, 0.29) is 0 Å². The van der Waals surface area contributed by atoms with E-state index >= 15 is 0 Å². The Morgan fingerprint density at radius 3 is 2.15 bits per heavy atom. The van der Waals surface area contributed by atoms with Crippen LogP contribution in [0.15, 0.2) is 0 Å². The summed E-state index contributed by atoms with van der Waals surface area (Å²) >= 11 is 0. The van der Waals surface area contributed by atoms with Crippen LogP contribution in [-0.2, 0) is 0 Å². The van der Waals surface area contributed by atoms with E-state index in [9.17, 15) is 0 Å². The van der Waals surface area contributed by atoms with Gasteiger partial charge in [0.1, 0.15) is 0 Å². The van der Waals surface area contributed by atoms with Crippen LogP contribution in [-0.4, -0.2) is 55.1 Å². The molecule has 0 aromatic rings. The van der Waals surface area contributed by atoms with E-state index in [1.165, 1.54) is 45.4 Å². The third kappa shape index (κ3) is 1.60. The second-order valence-electron chi connectivity index (χ2n) is 4.57. The average Bonchev–Trinajstić information content (AvgIpc) is 2.06. The average molecular weight is 183 g/mol. The summed E-state index contributed by atoms with van der Waals surface area (Å²) in [6.45, 7) is 5.84. The molecule has 2 heterocycles. The van der Waals surface area contributed by atoms with Gasteiger partial charge in [0.2, 0.25) is 0 Å². The van der Waals surface area contributed by atoms with E-state index < -0.39 is 0 Å². The predicted molar refractivity (Wildman–Crippen MR) is 54.7 cm³/mol. The van der Waals surface area contributed by atoms with E-state index in [0.29, 0.717) is 5.54 Å². The Labute approximate surface area is 80.9 Å². The standard InChI is InChI=1S/C10H21N3/c1-12-7-3-10(9-11,4-8-12)13-5-2-6-13/h2-9,11H2,1H3. The molecule has 2 N–H and O–H groups in total. The Hall–Kier alpha value is -0.120. The Morgan fingerprint density at radius 1 is 1.15 bits per heavy atom. The highest BCUT2D eigenvalue weighted by Crippen LogP contribution is 2.31. The van der Waals surface area contributed by atoms with Gasteiger partial charge in [0.05, 0.1) is 0 Å². The van der Waals surface area contributed by atoms with Crippen molar-refractivity contribution < 1.29 is 0 Å². The van der Waals surface area contributed by atoms with Gasteiger partial charge in [0, 0.05) is 12.1 Å². The summed E-state index contributed by atoms with van der Waals surface area (Å²) < 4.78 is 0. The molecule has 0 bridgehead atoms. The molecular formula is C10H21N3. The van der Waals surface area contributed by atoms with Crippen molar-refractivity contribution in [3.8, 4) is 0 Å². The number of likely N-dealkylation sites (tertiary alicyclic amines) is 2. The first-order valence-corrected chi connectivity index (χ1v) is 5.40. The van der Waals surface area contributed by atoms with Gasteiger partial charge in [-0.15, -0.1) is 0 Å². The van der Waals surface area contributed by atoms with Crippen LogP contribution in [0.1, 0.15) is 19.3 Å². The van der Waals surface area contributed by atoms with Crippen molar-refractivity contribution >= 4 is 0 Å². The van der Waals surface area contributed by atoms with E-state index in [1.54, 1.807) is 0 Å². The molecule has 2 aliphatic heterocycles. The maximum atomic E-state index is 5.93. The normalized spacial score (nSPS) is 30.0. The lowest BCUT2D eigenvalue weighted by Crippen LogP contribution is -2.62. The summed E-state index contributed by atoms with van der Waals surface area (Å²) in [5.41, 5.74) is 6.30. The molecule has 0 unspecified atom stereocenters. The first-order chi connectivity index (χ1) is 6.27. The summed E-state index contributed by atoms with van der Waals surface area (Å²) in [4.78, 5) is 5.01. The maximum Gasteiger partial charge on any atom is 0.0356 e. The SMILES string of the molecule is CN1CCC(CN)(N2CCC2)CC1. The molecule has 2 rings (SSSR count). The molecule has 76 valence electrons. The van der Waals surface area contributed by atoms with Crippen LogP contribution in [0, 0.1) is 0 Å². The fraction of sp³-hybridized carbons (Fsp3) is 1.00. The molecule has 0 aliphatic carbocycles. The van der Waals surface area contributed by atoms with E-state index in [1.807, 2.05) is 0 Å². The molecule has 0 amide bonds. The zero-order valence-corrected chi connectivity index (χ0v) is 8.63. The van der Waals surface area contributed by atoms with Crippen LogP contribution in [0.2, 0.25) is 0 Å². The van der Waals surface area contributed by atoms with E-state index in [2.05, 4.69) is 16.8 Å². The van der Waals surface area contributed by atoms with Gasteiger partial charge < -0.3 is 10.6 Å². The quantitative estimate of drug-likeness (QED) is 0.660. The number of hydrogen-bond donors (Lipinski definition) is 1. The number of piperidine rings is 1. The van der Waals surface area contributed by atoms with Crippen molar-refractivity contribution in [2.24, 2.45) is 5.73 Å². The molecule has 0 aromatic heterocycles. The molecule has 2 fully saturated rings. The second-order valence-corrected chi connectivity index (χ2v) is 4.57. The summed E-state index contributed by atoms with van der Waals surface area (Å²) in [6, 6.07) is 0. The minimum Gasteiger partial charge on any atom is -0.329 e. The van der Waals surface area contributed by atoms with E-state index in [4.69, 9.17) is 5.73 Å². The van der Waals surface area contributed by atoms with Gasteiger partial charge in [-0.3, -0.25) is 4.90 Å². The van der Waals surface area contributed by atoms with E-state index in [0.717, 1.165) is 6.54 Å². The zero-order valence-electron chi connectivity index (χ0n) is 8.63. The highest BCUT2D eigenvalue weighted by molar-refractivity contribution is 4.98. The molecule has 2 aliphatic rings. The van der Waals surface area contributed by atoms with Crippen LogP contribution in [0.4, 0.5) is 0 Å². The van der Waals surface area contributed by atoms with Gasteiger partial charge >= 0.3 is 0 Å². The molecule has 0 saturated carbocycles. The largest absolute Gasteiger partial charge is 0.329 e. The number of hydrogen-bond acceptors (Lipinski definition) is 3. The fourth-order valence-corrected chi connectivity index (χ4v) is 2.47. The lowest BCUT2D eigenvalue weighted by atomic mass is 9.83. The van der Waals surface area contributed by atoms with Crippen molar-refractivity contribution in [1.29, 1.82) is 0 Å². The number of nitrogens with two attached hydrogens (primary N) is 1. The topological polar surface area (TPSA) is 32.5 Å². The predicted octanol–water partition coefficient (Wildman–Crippen LogP) is 0.115. The molecule has 13 heavy (non-hydrogen) atoms. The van der Waals surface area contributed by atoms with Crippen LogP contribution < -0.4 is 5.73 Å².